The van der Waals surface area contributed by atoms with E-state index in [2.05, 4.69) is 22.2 Å². The standard InChI is InChI=1S/C17H25FN4O/c1-20-10-12-21(13-11-20)16(14-2-4-15(18)5-3-14)17(23)22-8-6-19-7-9-22/h2-5,16,19H,6-13H2,1H3. The summed E-state index contributed by atoms with van der Waals surface area (Å²) in [6, 6.07) is 6.09. The van der Waals surface area contributed by atoms with E-state index in [1.165, 1.54) is 12.1 Å². The minimum atomic E-state index is -0.303. The molecule has 0 spiro atoms. The number of benzene rings is 1. The molecule has 3 rings (SSSR count). The van der Waals surface area contributed by atoms with E-state index in [9.17, 15) is 9.18 Å². The van der Waals surface area contributed by atoms with Gasteiger partial charge in [0.25, 0.3) is 0 Å². The number of rotatable bonds is 3. The van der Waals surface area contributed by atoms with Gasteiger partial charge in [-0.05, 0) is 24.7 Å². The van der Waals surface area contributed by atoms with Crippen LogP contribution in [0.2, 0.25) is 0 Å². The molecule has 2 aliphatic heterocycles. The molecule has 5 nitrogen and oxygen atoms in total. The van der Waals surface area contributed by atoms with Crippen LogP contribution in [0.5, 0.6) is 0 Å². The number of nitrogens with zero attached hydrogens (tertiary/aromatic N) is 3. The zero-order valence-electron chi connectivity index (χ0n) is 13.7. The summed E-state index contributed by atoms with van der Waals surface area (Å²) in [6.45, 7) is 6.77. The van der Waals surface area contributed by atoms with E-state index in [4.69, 9.17) is 0 Å². The highest BCUT2D eigenvalue weighted by Gasteiger charge is 2.33. The average molecular weight is 320 g/mol. The van der Waals surface area contributed by atoms with Gasteiger partial charge in [0.1, 0.15) is 11.9 Å². The van der Waals surface area contributed by atoms with E-state index < -0.39 is 0 Å². The van der Waals surface area contributed by atoms with Gasteiger partial charge in [0, 0.05) is 52.4 Å². The SMILES string of the molecule is CN1CCN(C(C(=O)N2CCNCC2)c2ccc(F)cc2)CC1. The summed E-state index contributed by atoms with van der Waals surface area (Å²) in [5.74, 6) is -0.122. The highest BCUT2D eigenvalue weighted by molar-refractivity contribution is 5.83. The van der Waals surface area contributed by atoms with Gasteiger partial charge < -0.3 is 15.1 Å². The molecule has 1 aromatic rings. The molecule has 1 N–H and O–H groups in total. The van der Waals surface area contributed by atoms with Gasteiger partial charge in [-0.1, -0.05) is 12.1 Å². The monoisotopic (exact) mass is 320 g/mol. The fourth-order valence-corrected chi connectivity index (χ4v) is 3.29. The van der Waals surface area contributed by atoms with E-state index in [1.54, 1.807) is 12.1 Å². The lowest BCUT2D eigenvalue weighted by Gasteiger charge is -2.40. The molecule has 1 atom stereocenters. The first kappa shape index (κ1) is 16.4. The molecular weight excluding hydrogens is 295 g/mol. The summed E-state index contributed by atoms with van der Waals surface area (Å²) in [5, 5.41) is 3.28. The maximum atomic E-state index is 13.3. The zero-order valence-corrected chi connectivity index (χ0v) is 13.7. The van der Waals surface area contributed by atoms with Crippen LogP contribution < -0.4 is 5.32 Å². The molecule has 1 amide bonds. The van der Waals surface area contributed by atoms with Gasteiger partial charge in [0.05, 0.1) is 0 Å². The number of carbonyl (C=O) groups is 1. The van der Waals surface area contributed by atoms with Crippen molar-refractivity contribution in [3.63, 3.8) is 0 Å². The maximum absolute atomic E-state index is 13.3. The number of amides is 1. The van der Waals surface area contributed by atoms with E-state index in [-0.39, 0.29) is 17.8 Å². The Morgan fingerprint density at radius 1 is 1.04 bits per heavy atom. The molecule has 0 aliphatic carbocycles. The van der Waals surface area contributed by atoms with Crippen LogP contribution in [0.25, 0.3) is 0 Å². The van der Waals surface area contributed by atoms with E-state index in [1.807, 2.05) is 4.90 Å². The van der Waals surface area contributed by atoms with Crippen LogP contribution in [-0.2, 0) is 4.79 Å². The van der Waals surface area contributed by atoms with Gasteiger partial charge in [-0.3, -0.25) is 9.69 Å². The molecule has 6 heteroatoms. The zero-order chi connectivity index (χ0) is 16.2. The van der Waals surface area contributed by atoms with Crippen LogP contribution in [0.4, 0.5) is 4.39 Å². The van der Waals surface area contributed by atoms with Crippen LogP contribution in [0.3, 0.4) is 0 Å². The molecule has 0 radical (unpaired) electrons. The fourth-order valence-electron chi connectivity index (χ4n) is 3.29. The molecule has 23 heavy (non-hydrogen) atoms. The summed E-state index contributed by atoms with van der Waals surface area (Å²) >= 11 is 0. The average Bonchev–Trinajstić information content (AvgIpc) is 2.59. The molecule has 0 aromatic heterocycles. The molecule has 126 valence electrons. The quantitative estimate of drug-likeness (QED) is 0.883. The predicted octanol–water partition coefficient (Wildman–Crippen LogP) is 0.546. The Balaban J connectivity index is 1.83. The Morgan fingerprint density at radius 3 is 2.26 bits per heavy atom. The van der Waals surface area contributed by atoms with Crippen LogP contribution in [0.15, 0.2) is 24.3 Å². The minimum Gasteiger partial charge on any atom is -0.338 e. The first-order chi connectivity index (χ1) is 11.1. The van der Waals surface area contributed by atoms with Gasteiger partial charge in [-0.2, -0.15) is 0 Å². The van der Waals surface area contributed by atoms with Crippen molar-refractivity contribution in [3.05, 3.63) is 35.6 Å². The molecule has 2 saturated heterocycles. The molecule has 1 aromatic carbocycles. The van der Waals surface area contributed by atoms with E-state index in [0.29, 0.717) is 0 Å². The Labute approximate surface area is 137 Å². The molecule has 0 bridgehead atoms. The number of piperazine rings is 2. The summed E-state index contributed by atoms with van der Waals surface area (Å²) in [6.07, 6.45) is 0. The normalized spacial score (nSPS) is 22.1. The Bertz CT molecular complexity index is 522. The van der Waals surface area contributed by atoms with Crippen molar-refractivity contribution in [1.82, 2.24) is 20.0 Å². The van der Waals surface area contributed by atoms with Gasteiger partial charge in [0.2, 0.25) is 5.91 Å². The van der Waals surface area contributed by atoms with Crippen molar-refractivity contribution in [1.29, 1.82) is 0 Å². The second-order valence-corrected chi connectivity index (χ2v) is 6.37. The van der Waals surface area contributed by atoms with Crippen molar-refractivity contribution in [3.8, 4) is 0 Å². The van der Waals surface area contributed by atoms with Crippen LogP contribution >= 0.6 is 0 Å². The first-order valence-corrected chi connectivity index (χ1v) is 8.33. The lowest BCUT2D eigenvalue weighted by molar-refractivity contribution is -0.138. The maximum Gasteiger partial charge on any atom is 0.244 e. The lowest BCUT2D eigenvalue weighted by atomic mass is 10.0. The predicted molar refractivity (Wildman–Crippen MR) is 87.7 cm³/mol. The Kier molecular flexibility index (Phi) is 5.25. The highest BCUT2D eigenvalue weighted by atomic mass is 19.1. The Hall–Kier alpha value is -1.50. The van der Waals surface area contributed by atoms with Crippen molar-refractivity contribution in [2.45, 2.75) is 6.04 Å². The lowest BCUT2D eigenvalue weighted by Crippen LogP contribution is -2.53. The third kappa shape index (κ3) is 3.88. The molecule has 1 unspecified atom stereocenters. The number of nitrogens with one attached hydrogen (secondary N) is 1. The van der Waals surface area contributed by atoms with Gasteiger partial charge in [-0.15, -0.1) is 0 Å². The smallest absolute Gasteiger partial charge is 0.244 e. The van der Waals surface area contributed by atoms with Gasteiger partial charge in [0.15, 0.2) is 0 Å². The molecule has 2 fully saturated rings. The summed E-state index contributed by atoms with van der Waals surface area (Å²) < 4.78 is 13.3. The van der Waals surface area contributed by atoms with E-state index >= 15 is 0 Å². The third-order valence-corrected chi connectivity index (χ3v) is 4.75. The summed E-state index contributed by atoms with van der Waals surface area (Å²) in [7, 11) is 2.10. The number of halogens is 1. The summed E-state index contributed by atoms with van der Waals surface area (Å²) in [5.41, 5.74) is 0.888. The van der Waals surface area contributed by atoms with Crippen LogP contribution in [0, 0.1) is 5.82 Å². The van der Waals surface area contributed by atoms with E-state index in [0.717, 1.165) is 57.9 Å². The fraction of sp³-hybridized carbons (Fsp3) is 0.588. The molecule has 0 saturated carbocycles. The van der Waals surface area contributed by atoms with Crippen molar-refractivity contribution >= 4 is 5.91 Å². The summed E-state index contributed by atoms with van der Waals surface area (Å²) in [4.78, 5) is 19.6. The van der Waals surface area contributed by atoms with Crippen LogP contribution in [0.1, 0.15) is 11.6 Å². The largest absolute Gasteiger partial charge is 0.338 e. The number of likely N-dealkylation sites (N-methyl/N-ethyl adjacent to an activating group) is 1. The second-order valence-electron chi connectivity index (χ2n) is 6.37. The molecule has 2 heterocycles. The van der Waals surface area contributed by atoms with Gasteiger partial charge in [-0.25, -0.2) is 4.39 Å². The topological polar surface area (TPSA) is 38.8 Å². The molecular formula is C17H25FN4O. The Morgan fingerprint density at radius 2 is 1.65 bits per heavy atom. The number of hydrogen-bond donors (Lipinski definition) is 1. The first-order valence-electron chi connectivity index (χ1n) is 8.33. The minimum absolute atomic E-state index is 0.141. The number of carbonyl (C=O) groups excluding carboxylic acids is 1. The number of hydrogen-bond acceptors (Lipinski definition) is 4. The third-order valence-electron chi connectivity index (χ3n) is 4.75. The molecule has 2 aliphatic rings. The van der Waals surface area contributed by atoms with Crippen molar-refractivity contribution in [2.75, 3.05) is 59.4 Å². The van der Waals surface area contributed by atoms with Crippen molar-refractivity contribution < 1.29 is 9.18 Å². The highest BCUT2D eigenvalue weighted by Crippen LogP contribution is 2.25. The van der Waals surface area contributed by atoms with Gasteiger partial charge >= 0.3 is 0 Å². The van der Waals surface area contributed by atoms with Crippen LogP contribution in [-0.4, -0.2) is 80.0 Å². The van der Waals surface area contributed by atoms with Crippen molar-refractivity contribution in [2.24, 2.45) is 0 Å². The second kappa shape index (κ2) is 7.38.